The molecular weight excluding hydrogens is 306 g/mol. The third-order valence-electron chi connectivity index (χ3n) is 3.49. The molecule has 0 aliphatic carbocycles. The maximum atomic E-state index is 5.81. The molecule has 0 bridgehead atoms. The topological polar surface area (TPSA) is 46.2 Å². The molecule has 4 nitrogen and oxygen atoms in total. The summed E-state index contributed by atoms with van der Waals surface area (Å²) in [4.78, 5) is 4.36. The van der Waals surface area contributed by atoms with E-state index in [1.807, 2.05) is 38.1 Å². The number of ether oxygens (including phenoxy) is 1. The summed E-state index contributed by atoms with van der Waals surface area (Å²) >= 11 is 5.31. The van der Waals surface area contributed by atoms with Crippen LogP contribution in [0.25, 0.3) is 0 Å². The number of hydrogen-bond donors (Lipinski definition) is 2. The summed E-state index contributed by atoms with van der Waals surface area (Å²) in [5.74, 6) is 1.62. The molecule has 0 saturated heterocycles. The Morgan fingerprint density at radius 3 is 2.65 bits per heavy atom. The highest BCUT2D eigenvalue weighted by Gasteiger charge is 2.07. The Bertz CT molecular complexity index is 688. The lowest BCUT2D eigenvalue weighted by Gasteiger charge is -2.18. The number of hydrogen-bond acceptors (Lipinski definition) is 3. The largest absolute Gasteiger partial charge is 0.491 e. The average Bonchev–Trinajstić information content (AvgIpc) is 2.48. The van der Waals surface area contributed by atoms with Crippen LogP contribution in [0.15, 0.2) is 36.4 Å². The number of pyridine rings is 1. The summed E-state index contributed by atoms with van der Waals surface area (Å²) < 4.78 is 5.81. The van der Waals surface area contributed by atoms with Gasteiger partial charge in [-0.15, -0.1) is 0 Å². The van der Waals surface area contributed by atoms with Gasteiger partial charge in [0.25, 0.3) is 0 Å². The van der Waals surface area contributed by atoms with Crippen LogP contribution in [0.5, 0.6) is 5.75 Å². The van der Waals surface area contributed by atoms with Gasteiger partial charge in [-0.2, -0.15) is 0 Å². The third-order valence-corrected chi connectivity index (χ3v) is 3.71. The lowest BCUT2D eigenvalue weighted by molar-refractivity contribution is 0.287. The molecule has 0 aliphatic heterocycles. The SMILES string of the molecule is Cc1cccc(NC(=S)NC(C)COc2ccc(C)c(C)c2)n1. The molecule has 0 radical (unpaired) electrons. The van der Waals surface area contributed by atoms with Gasteiger partial charge in [0, 0.05) is 5.69 Å². The van der Waals surface area contributed by atoms with Gasteiger partial charge in [-0.05, 0) is 75.3 Å². The van der Waals surface area contributed by atoms with E-state index >= 15 is 0 Å². The maximum Gasteiger partial charge on any atom is 0.172 e. The van der Waals surface area contributed by atoms with Crippen molar-refractivity contribution in [2.24, 2.45) is 0 Å². The number of aromatic nitrogens is 1. The zero-order chi connectivity index (χ0) is 16.8. The van der Waals surface area contributed by atoms with Crippen LogP contribution in [0.4, 0.5) is 5.82 Å². The number of aryl methyl sites for hydroxylation is 3. The van der Waals surface area contributed by atoms with Crippen LogP contribution in [0.1, 0.15) is 23.7 Å². The second-order valence-corrected chi connectivity index (χ2v) is 6.13. The van der Waals surface area contributed by atoms with Gasteiger partial charge in [-0.3, -0.25) is 0 Å². The van der Waals surface area contributed by atoms with Gasteiger partial charge in [-0.1, -0.05) is 12.1 Å². The Morgan fingerprint density at radius 1 is 1.17 bits per heavy atom. The number of benzene rings is 1. The molecule has 2 rings (SSSR count). The molecule has 0 spiro atoms. The standard InChI is InChI=1S/C18H23N3OS/c1-12-8-9-16(10-13(12)2)22-11-15(4)20-18(23)21-17-7-5-6-14(3)19-17/h5-10,15H,11H2,1-4H3,(H2,19,20,21,23). The monoisotopic (exact) mass is 329 g/mol. The van der Waals surface area contributed by atoms with Gasteiger partial charge in [-0.25, -0.2) is 4.98 Å². The second kappa shape index (κ2) is 7.92. The lowest BCUT2D eigenvalue weighted by Crippen LogP contribution is -2.39. The number of nitrogens with zero attached hydrogens (tertiary/aromatic N) is 1. The summed E-state index contributed by atoms with van der Waals surface area (Å²) in [7, 11) is 0. The Morgan fingerprint density at radius 2 is 1.96 bits per heavy atom. The van der Waals surface area contributed by atoms with Crippen LogP contribution in [-0.4, -0.2) is 22.7 Å². The number of rotatable bonds is 5. The molecule has 5 heteroatoms. The second-order valence-electron chi connectivity index (χ2n) is 5.72. The summed E-state index contributed by atoms with van der Waals surface area (Å²) in [6, 6.07) is 12.0. The first-order chi connectivity index (χ1) is 10.9. The van der Waals surface area contributed by atoms with Crippen molar-refractivity contribution in [3.8, 4) is 5.75 Å². The predicted molar refractivity (Wildman–Crippen MR) is 99.2 cm³/mol. The van der Waals surface area contributed by atoms with Crippen LogP contribution in [0.3, 0.4) is 0 Å². The number of anilines is 1. The van der Waals surface area contributed by atoms with Crippen LogP contribution >= 0.6 is 12.2 Å². The van der Waals surface area contributed by atoms with Gasteiger partial charge in [0.05, 0.1) is 6.04 Å². The van der Waals surface area contributed by atoms with E-state index in [4.69, 9.17) is 17.0 Å². The Hall–Kier alpha value is -2.14. The molecule has 0 amide bonds. The average molecular weight is 329 g/mol. The van der Waals surface area contributed by atoms with Crippen LogP contribution in [-0.2, 0) is 0 Å². The predicted octanol–water partition coefficient (Wildman–Crippen LogP) is 3.76. The molecule has 1 unspecified atom stereocenters. The highest BCUT2D eigenvalue weighted by atomic mass is 32.1. The van der Waals surface area contributed by atoms with E-state index in [9.17, 15) is 0 Å². The molecule has 1 heterocycles. The normalized spacial score (nSPS) is 11.7. The van der Waals surface area contributed by atoms with Crippen molar-refractivity contribution >= 4 is 23.1 Å². The molecule has 2 aromatic rings. The van der Waals surface area contributed by atoms with Gasteiger partial charge in [0.15, 0.2) is 5.11 Å². The molecule has 23 heavy (non-hydrogen) atoms. The highest BCUT2D eigenvalue weighted by molar-refractivity contribution is 7.80. The van der Waals surface area contributed by atoms with E-state index in [0.717, 1.165) is 17.3 Å². The fourth-order valence-electron chi connectivity index (χ4n) is 2.06. The summed E-state index contributed by atoms with van der Waals surface area (Å²) in [6.45, 7) is 8.68. The minimum absolute atomic E-state index is 0.0846. The molecule has 0 saturated carbocycles. The molecule has 1 atom stereocenters. The number of nitrogens with one attached hydrogen (secondary N) is 2. The van der Waals surface area contributed by atoms with Crippen LogP contribution < -0.4 is 15.4 Å². The van der Waals surface area contributed by atoms with Gasteiger partial charge in [0.2, 0.25) is 0 Å². The van der Waals surface area contributed by atoms with Crippen molar-refractivity contribution in [3.05, 3.63) is 53.2 Å². The van der Waals surface area contributed by atoms with Crippen molar-refractivity contribution in [2.45, 2.75) is 33.7 Å². The molecular formula is C18H23N3OS. The molecule has 0 aliphatic rings. The van der Waals surface area contributed by atoms with Gasteiger partial charge >= 0.3 is 0 Å². The van der Waals surface area contributed by atoms with Gasteiger partial charge < -0.3 is 15.4 Å². The van der Waals surface area contributed by atoms with Crippen LogP contribution in [0.2, 0.25) is 0 Å². The van der Waals surface area contributed by atoms with Crippen molar-refractivity contribution in [1.29, 1.82) is 0 Å². The summed E-state index contributed by atoms with van der Waals surface area (Å²) in [6.07, 6.45) is 0. The lowest BCUT2D eigenvalue weighted by atomic mass is 10.1. The van der Waals surface area contributed by atoms with E-state index in [0.29, 0.717) is 11.7 Å². The van der Waals surface area contributed by atoms with E-state index in [-0.39, 0.29) is 6.04 Å². The van der Waals surface area contributed by atoms with Crippen molar-refractivity contribution in [2.75, 3.05) is 11.9 Å². The van der Waals surface area contributed by atoms with Crippen LogP contribution in [0, 0.1) is 20.8 Å². The van der Waals surface area contributed by atoms with E-state index in [2.05, 4.69) is 41.6 Å². The fraction of sp³-hybridized carbons (Fsp3) is 0.333. The van der Waals surface area contributed by atoms with Crippen molar-refractivity contribution < 1.29 is 4.74 Å². The molecule has 1 aromatic carbocycles. The minimum atomic E-state index is 0.0846. The van der Waals surface area contributed by atoms with E-state index < -0.39 is 0 Å². The first-order valence-corrected chi connectivity index (χ1v) is 8.06. The molecule has 0 fully saturated rings. The Kier molecular flexibility index (Phi) is 5.93. The Balaban J connectivity index is 1.80. The van der Waals surface area contributed by atoms with Gasteiger partial charge in [0.1, 0.15) is 18.2 Å². The van der Waals surface area contributed by atoms with Crippen molar-refractivity contribution in [1.82, 2.24) is 10.3 Å². The first-order valence-electron chi connectivity index (χ1n) is 7.65. The fourth-order valence-corrected chi connectivity index (χ4v) is 2.36. The molecule has 2 N–H and O–H groups in total. The highest BCUT2D eigenvalue weighted by Crippen LogP contribution is 2.16. The zero-order valence-corrected chi connectivity index (χ0v) is 14.8. The summed E-state index contributed by atoms with van der Waals surface area (Å²) in [5.41, 5.74) is 3.44. The van der Waals surface area contributed by atoms with E-state index in [1.165, 1.54) is 11.1 Å². The molecule has 122 valence electrons. The zero-order valence-electron chi connectivity index (χ0n) is 14.0. The first kappa shape index (κ1) is 17.2. The minimum Gasteiger partial charge on any atom is -0.491 e. The third kappa shape index (κ3) is 5.53. The quantitative estimate of drug-likeness (QED) is 0.818. The molecule has 1 aromatic heterocycles. The summed E-state index contributed by atoms with van der Waals surface area (Å²) in [5, 5.41) is 6.82. The van der Waals surface area contributed by atoms with E-state index in [1.54, 1.807) is 0 Å². The van der Waals surface area contributed by atoms with Crippen molar-refractivity contribution in [3.63, 3.8) is 0 Å². The Labute approximate surface area is 143 Å². The maximum absolute atomic E-state index is 5.81. The number of thiocarbonyl (C=S) groups is 1. The smallest absolute Gasteiger partial charge is 0.172 e.